The molecule has 3 rings (SSSR count). The lowest BCUT2D eigenvalue weighted by molar-refractivity contribution is -0.115. The summed E-state index contributed by atoms with van der Waals surface area (Å²) in [6.45, 7) is 0.699. The molecule has 0 aliphatic carbocycles. The summed E-state index contributed by atoms with van der Waals surface area (Å²) >= 11 is 2.98. The van der Waals surface area contributed by atoms with E-state index in [2.05, 4.69) is 39.0 Å². The van der Waals surface area contributed by atoms with Crippen LogP contribution < -0.4 is 10.6 Å². The van der Waals surface area contributed by atoms with E-state index in [9.17, 15) is 4.79 Å². The SMILES string of the molecule is N#Cc1cccc(NC(=O)CCSc2nnc(NCc3ccccc3)s2)c1. The molecular formula is C19H17N5OS2. The van der Waals surface area contributed by atoms with E-state index in [1.165, 1.54) is 28.7 Å². The monoisotopic (exact) mass is 395 g/mol. The zero-order valence-corrected chi connectivity index (χ0v) is 16.0. The highest BCUT2D eigenvalue weighted by Gasteiger charge is 2.07. The number of aromatic nitrogens is 2. The Balaban J connectivity index is 1.40. The Morgan fingerprint density at radius 1 is 1.15 bits per heavy atom. The Kier molecular flexibility index (Phi) is 6.79. The van der Waals surface area contributed by atoms with Crippen LogP contribution in [0.2, 0.25) is 0 Å². The van der Waals surface area contributed by atoms with Crippen molar-refractivity contribution in [3.05, 3.63) is 65.7 Å². The first kappa shape index (κ1) is 18.9. The molecule has 8 heteroatoms. The van der Waals surface area contributed by atoms with Crippen LogP contribution in [-0.2, 0) is 11.3 Å². The number of carbonyl (C=O) groups is 1. The molecule has 0 unspecified atom stereocenters. The number of rotatable bonds is 8. The number of carbonyl (C=O) groups excluding carboxylic acids is 1. The van der Waals surface area contributed by atoms with E-state index in [0.29, 0.717) is 30.0 Å². The van der Waals surface area contributed by atoms with Crippen LogP contribution in [0.5, 0.6) is 0 Å². The first-order chi connectivity index (χ1) is 13.2. The van der Waals surface area contributed by atoms with Gasteiger partial charge in [0, 0.05) is 24.4 Å². The van der Waals surface area contributed by atoms with Gasteiger partial charge in [0.1, 0.15) is 0 Å². The molecule has 0 saturated heterocycles. The third kappa shape index (κ3) is 6.09. The minimum absolute atomic E-state index is 0.0930. The van der Waals surface area contributed by atoms with Gasteiger partial charge in [0.15, 0.2) is 4.34 Å². The zero-order valence-electron chi connectivity index (χ0n) is 14.4. The molecular weight excluding hydrogens is 378 g/mol. The summed E-state index contributed by atoms with van der Waals surface area (Å²) in [5.41, 5.74) is 2.33. The van der Waals surface area contributed by atoms with Crippen molar-refractivity contribution in [2.75, 3.05) is 16.4 Å². The maximum Gasteiger partial charge on any atom is 0.225 e. The molecule has 3 aromatic rings. The number of thioether (sulfide) groups is 1. The molecule has 2 aromatic carbocycles. The van der Waals surface area contributed by atoms with Crippen molar-refractivity contribution in [1.82, 2.24) is 10.2 Å². The predicted octanol–water partition coefficient (Wildman–Crippen LogP) is 4.14. The van der Waals surface area contributed by atoms with Gasteiger partial charge >= 0.3 is 0 Å². The molecule has 27 heavy (non-hydrogen) atoms. The number of hydrogen-bond acceptors (Lipinski definition) is 7. The lowest BCUT2D eigenvalue weighted by Crippen LogP contribution is -2.12. The van der Waals surface area contributed by atoms with Crippen molar-refractivity contribution in [3.63, 3.8) is 0 Å². The van der Waals surface area contributed by atoms with E-state index < -0.39 is 0 Å². The quantitative estimate of drug-likeness (QED) is 0.557. The normalized spacial score (nSPS) is 10.2. The van der Waals surface area contributed by atoms with Gasteiger partial charge in [0.05, 0.1) is 11.6 Å². The summed E-state index contributed by atoms with van der Waals surface area (Å²) in [6, 6.07) is 19.0. The van der Waals surface area contributed by atoms with Crippen LogP contribution in [0.25, 0.3) is 0 Å². The number of benzene rings is 2. The van der Waals surface area contributed by atoms with E-state index in [0.717, 1.165) is 9.47 Å². The summed E-state index contributed by atoms with van der Waals surface area (Å²) in [7, 11) is 0. The molecule has 1 heterocycles. The molecule has 6 nitrogen and oxygen atoms in total. The van der Waals surface area contributed by atoms with Crippen molar-refractivity contribution in [3.8, 4) is 6.07 Å². The predicted molar refractivity (Wildman–Crippen MR) is 109 cm³/mol. The second-order valence-electron chi connectivity index (χ2n) is 5.55. The van der Waals surface area contributed by atoms with Crippen molar-refractivity contribution < 1.29 is 4.79 Å². The molecule has 0 atom stereocenters. The minimum atomic E-state index is -0.0930. The molecule has 0 bridgehead atoms. The highest BCUT2D eigenvalue weighted by Crippen LogP contribution is 2.26. The largest absolute Gasteiger partial charge is 0.356 e. The van der Waals surface area contributed by atoms with Crippen LogP contribution >= 0.6 is 23.1 Å². The highest BCUT2D eigenvalue weighted by molar-refractivity contribution is 8.01. The number of nitriles is 1. The Hall–Kier alpha value is -2.89. The van der Waals surface area contributed by atoms with Gasteiger partial charge in [-0.05, 0) is 23.8 Å². The van der Waals surface area contributed by atoms with E-state index >= 15 is 0 Å². The summed E-state index contributed by atoms with van der Waals surface area (Å²) in [5.74, 6) is 0.515. The fourth-order valence-corrected chi connectivity index (χ4v) is 3.99. The molecule has 1 aromatic heterocycles. The van der Waals surface area contributed by atoms with Gasteiger partial charge in [0.2, 0.25) is 11.0 Å². The van der Waals surface area contributed by atoms with Crippen LogP contribution in [0, 0.1) is 11.3 Å². The number of anilines is 2. The van der Waals surface area contributed by atoms with E-state index in [4.69, 9.17) is 5.26 Å². The van der Waals surface area contributed by atoms with Crippen LogP contribution in [0.3, 0.4) is 0 Å². The number of nitrogens with zero attached hydrogens (tertiary/aromatic N) is 3. The Morgan fingerprint density at radius 3 is 2.81 bits per heavy atom. The standard InChI is InChI=1S/C19H17N5OS2/c20-12-15-7-4-8-16(11-15)22-17(25)9-10-26-19-24-23-18(27-19)21-13-14-5-2-1-3-6-14/h1-8,11H,9-10,13H2,(H,21,23)(H,22,25). The fourth-order valence-electron chi connectivity index (χ4n) is 2.23. The molecule has 0 fully saturated rings. The molecule has 0 radical (unpaired) electrons. The van der Waals surface area contributed by atoms with Crippen molar-refractivity contribution in [2.24, 2.45) is 0 Å². The molecule has 0 aliphatic heterocycles. The van der Waals surface area contributed by atoms with Gasteiger partial charge in [-0.1, -0.05) is 59.5 Å². The smallest absolute Gasteiger partial charge is 0.225 e. The summed E-state index contributed by atoms with van der Waals surface area (Å²) in [5, 5.41) is 24.0. The number of nitrogens with one attached hydrogen (secondary N) is 2. The van der Waals surface area contributed by atoms with Gasteiger partial charge in [-0.3, -0.25) is 4.79 Å². The maximum absolute atomic E-state index is 12.0. The highest BCUT2D eigenvalue weighted by atomic mass is 32.2. The van der Waals surface area contributed by atoms with E-state index in [1.54, 1.807) is 24.3 Å². The molecule has 136 valence electrons. The second kappa shape index (κ2) is 9.71. The summed E-state index contributed by atoms with van der Waals surface area (Å²) < 4.78 is 0.824. The first-order valence-corrected chi connectivity index (χ1v) is 10.1. The van der Waals surface area contributed by atoms with Crippen molar-refractivity contribution in [2.45, 2.75) is 17.3 Å². The molecule has 0 saturated carbocycles. The van der Waals surface area contributed by atoms with Crippen LogP contribution in [0.1, 0.15) is 17.5 Å². The summed E-state index contributed by atoms with van der Waals surface area (Å²) in [6.07, 6.45) is 0.355. The third-order valence-electron chi connectivity index (χ3n) is 3.52. The lowest BCUT2D eigenvalue weighted by atomic mass is 10.2. The molecule has 2 N–H and O–H groups in total. The van der Waals surface area contributed by atoms with Crippen LogP contribution in [-0.4, -0.2) is 21.9 Å². The van der Waals surface area contributed by atoms with Gasteiger partial charge in [0.25, 0.3) is 0 Å². The fraction of sp³-hybridized carbons (Fsp3) is 0.158. The van der Waals surface area contributed by atoms with E-state index in [1.807, 2.05) is 18.2 Å². The third-order valence-corrected chi connectivity index (χ3v) is 5.54. The van der Waals surface area contributed by atoms with Crippen molar-refractivity contribution >= 4 is 39.8 Å². The Labute approximate surface area is 165 Å². The van der Waals surface area contributed by atoms with Gasteiger partial charge in [-0.2, -0.15) is 5.26 Å². The van der Waals surface area contributed by atoms with Crippen molar-refractivity contribution in [1.29, 1.82) is 5.26 Å². The van der Waals surface area contributed by atoms with E-state index in [-0.39, 0.29) is 5.91 Å². The number of hydrogen-bond donors (Lipinski definition) is 2. The average Bonchev–Trinajstić information content (AvgIpc) is 3.15. The topological polar surface area (TPSA) is 90.7 Å². The lowest BCUT2D eigenvalue weighted by Gasteiger charge is -2.04. The second-order valence-corrected chi connectivity index (χ2v) is 7.87. The average molecular weight is 396 g/mol. The van der Waals surface area contributed by atoms with Crippen LogP contribution in [0.4, 0.5) is 10.8 Å². The first-order valence-electron chi connectivity index (χ1n) is 8.27. The van der Waals surface area contributed by atoms with Gasteiger partial charge in [-0.25, -0.2) is 0 Å². The zero-order chi connectivity index (χ0) is 18.9. The van der Waals surface area contributed by atoms with Crippen LogP contribution in [0.15, 0.2) is 58.9 Å². The molecule has 1 amide bonds. The molecule has 0 aliphatic rings. The minimum Gasteiger partial charge on any atom is -0.356 e. The maximum atomic E-state index is 12.0. The van der Waals surface area contributed by atoms with Gasteiger partial charge < -0.3 is 10.6 Å². The number of amides is 1. The Bertz CT molecular complexity index is 937. The Morgan fingerprint density at radius 2 is 2.00 bits per heavy atom. The van der Waals surface area contributed by atoms with Gasteiger partial charge in [-0.15, -0.1) is 10.2 Å². The summed E-state index contributed by atoms with van der Waals surface area (Å²) in [4.78, 5) is 12.0. The molecule has 0 spiro atoms.